The van der Waals surface area contributed by atoms with Crippen molar-refractivity contribution in [1.29, 1.82) is 5.26 Å². The molecule has 1 nitrogen and oxygen atoms in total. The lowest BCUT2D eigenvalue weighted by atomic mass is 9.52. The predicted octanol–water partition coefficient (Wildman–Crippen LogP) is 10.9. The van der Waals surface area contributed by atoms with Gasteiger partial charge in [-0.2, -0.15) is 5.26 Å². The molecule has 0 amide bonds. The molecule has 3 aliphatic rings. The molecule has 3 aromatic carbocycles. The Morgan fingerprint density at radius 2 is 0.610 bits per heavy atom. The van der Waals surface area contributed by atoms with Gasteiger partial charge in [-0.3, -0.25) is 0 Å². The van der Waals surface area contributed by atoms with Gasteiger partial charge in [0.15, 0.2) is 0 Å². The highest BCUT2D eigenvalue weighted by Crippen LogP contribution is 2.82. The van der Waals surface area contributed by atoms with Crippen molar-refractivity contribution in [2.24, 2.45) is 5.41 Å². The second-order valence-corrected chi connectivity index (χ2v) is 13.6. The number of alkyl halides is 6. The van der Waals surface area contributed by atoms with E-state index in [2.05, 4.69) is 64.1 Å². The van der Waals surface area contributed by atoms with Crippen LogP contribution >= 0.6 is 69.6 Å². The Kier molecular flexibility index (Phi) is 8.25. The minimum atomic E-state index is -0.306. The highest BCUT2D eigenvalue weighted by Gasteiger charge is 2.79. The zero-order chi connectivity index (χ0) is 30.1. The second kappa shape index (κ2) is 10.8. The first kappa shape index (κ1) is 31.3. The Morgan fingerprint density at radius 1 is 0.463 bits per heavy atom. The molecule has 0 aliphatic heterocycles. The van der Waals surface area contributed by atoms with Crippen molar-refractivity contribution in [2.75, 3.05) is 0 Å². The first-order valence-corrected chi connectivity index (χ1v) is 16.9. The monoisotopic (exact) mass is 665 g/mol. The van der Waals surface area contributed by atoms with Crippen LogP contribution in [0.4, 0.5) is 0 Å². The molecular formula is C34H33Cl6N. The summed E-state index contributed by atoms with van der Waals surface area (Å²) in [7, 11) is 0. The number of rotatable bonds is 6. The lowest BCUT2D eigenvalue weighted by Crippen LogP contribution is -2.51. The van der Waals surface area contributed by atoms with Gasteiger partial charge in [0, 0.05) is 63.9 Å². The van der Waals surface area contributed by atoms with Gasteiger partial charge < -0.3 is 0 Å². The molecule has 7 heteroatoms. The lowest BCUT2D eigenvalue weighted by molar-refractivity contribution is 0.0997. The average Bonchev–Trinajstić information content (AvgIpc) is 3.34. The molecule has 0 radical (unpaired) electrons. The fraction of sp³-hybridized carbons (Fsp3) is 0.441. The fourth-order valence-corrected chi connectivity index (χ4v) is 10.3. The van der Waals surface area contributed by atoms with E-state index in [4.69, 9.17) is 74.9 Å². The summed E-state index contributed by atoms with van der Waals surface area (Å²) in [6, 6.07) is 15.7. The van der Waals surface area contributed by atoms with Crippen LogP contribution in [0.5, 0.6) is 0 Å². The SMILES string of the molecule is CC#N.CC12c3cc(CCl)c(CCl)cc3C3(C)c4cc(CCl)c(CCl)cc4C(C)(c4cc(CCl)c(CCl)cc41)C23C. The topological polar surface area (TPSA) is 23.8 Å². The van der Waals surface area contributed by atoms with Crippen LogP contribution < -0.4 is 0 Å². The first-order valence-electron chi connectivity index (χ1n) is 13.7. The molecule has 0 spiro atoms. The van der Waals surface area contributed by atoms with Crippen LogP contribution in [-0.4, -0.2) is 0 Å². The largest absolute Gasteiger partial charge is 0.199 e. The van der Waals surface area contributed by atoms with Crippen LogP contribution in [0.15, 0.2) is 36.4 Å². The molecule has 0 saturated carbocycles. The van der Waals surface area contributed by atoms with Gasteiger partial charge in [0.05, 0.1) is 6.07 Å². The molecule has 6 rings (SSSR count). The second-order valence-electron chi connectivity index (χ2n) is 12.0. The van der Waals surface area contributed by atoms with E-state index in [9.17, 15) is 0 Å². The Labute approximate surface area is 274 Å². The standard InChI is InChI=1S/C32H30Cl6.C2H3N/c1-29-23-5-17(11-33)19(13-35)7-25(23)30(2)27-9-21(15-37)22(16-38)10-28(27)31(3,32(29,30)4)26-8-20(14-36)18(12-34)6-24(26)29;1-2-3/h5-10H,11-16H2,1-4H3;1H3. The Bertz CT molecular complexity index is 1330. The molecule has 0 N–H and O–H groups in total. The zero-order valence-electron chi connectivity index (χ0n) is 23.9. The van der Waals surface area contributed by atoms with E-state index in [1.54, 1.807) is 6.07 Å². The molecule has 3 aromatic rings. The van der Waals surface area contributed by atoms with Crippen LogP contribution in [0.1, 0.15) is 101 Å². The summed E-state index contributed by atoms with van der Waals surface area (Å²) in [5.74, 6) is 2.54. The molecule has 0 aromatic heterocycles. The Balaban J connectivity index is 0.00000108. The normalized spacial score (nSPS) is 27.9. The van der Waals surface area contributed by atoms with Crippen molar-refractivity contribution in [1.82, 2.24) is 0 Å². The van der Waals surface area contributed by atoms with Gasteiger partial charge in [0.2, 0.25) is 0 Å². The van der Waals surface area contributed by atoms with E-state index >= 15 is 0 Å². The quantitative estimate of drug-likeness (QED) is 0.240. The van der Waals surface area contributed by atoms with Crippen LogP contribution in [0.2, 0.25) is 0 Å². The molecule has 0 atom stereocenters. The number of hydrogen-bond donors (Lipinski definition) is 0. The van der Waals surface area contributed by atoms with Crippen LogP contribution in [0.25, 0.3) is 0 Å². The van der Waals surface area contributed by atoms with Gasteiger partial charge in [-0.1, -0.05) is 64.1 Å². The molecular weight excluding hydrogens is 635 g/mol. The number of benzene rings is 3. The van der Waals surface area contributed by atoms with E-state index < -0.39 is 0 Å². The first-order chi connectivity index (χ1) is 19.5. The van der Waals surface area contributed by atoms with Crippen LogP contribution in [0, 0.1) is 16.7 Å². The van der Waals surface area contributed by atoms with Gasteiger partial charge in [0.25, 0.3) is 0 Å². The summed E-state index contributed by atoms with van der Waals surface area (Å²) in [5.41, 5.74) is 13.4. The fourth-order valence-electron chi connectivity index (χ4n) is 8.85. The Hall–Kier alpha value is -1.11. The van der Waals surface area contributed by atoms with E-state index in [0.717, 1.165) is 33.4 Å². The van der Waals surface area contributed by atoms with Crippen LogP contribution in [0.3, 0.4) is 0 Å². The van der Waals surface area contributed by atoms with Gasteiger partial charge in [0.1, 0.15) is 0 Å². The van der Waals surface area contributed by atoms with E-state index in [1.165, 1.54) is 40.3 Å². The molecule has 3 aliphatic carbocycles. The maximum atomic E-state index is 7.32. The molecule has 0 unspecified atom stereocenters. The predicted molar refractivity (Wildman–Crippen MR) is 175 cm³/mol. The van der Waals surface area contributed by atoms with Crippen molar-refractivity contribution in [3.8, 4) is 6.07 Å². The average molecular weight is 668 g/mol. The van der Waals surface area contributed by atoms with Gasteiger partial charge in [-0.25, -0.2) is 0 Å². The van der Waals surface area contributed by atoms with Crippen molar-refractivity contribution in [3.05, 3.63) is 103 Å². The number of halogens is 6. The van der Waals surface area contributed by atoms with E-state index in [0.29, 0.717) is 35.3 Å². The molecule has 0 heterocycles. The Morgan fingerprint density at radius 3 is 0.732 bits per heavy atom. The molecule has 0 bridgehead atoms. The number of nitriles is 1. The summed E-state index contributed by atoms with van der Waals surface area (Å²) in [5, 5.41) is 7.32. The maximum Gasteiger partial charge on any atom is 0.0587 e. The summed E-state index contributed by atoms with van der Waals surface area (Å²) in [4.78, 5) is 0. The minimum absolute atomic E-state index is 0.239. The summed E-state index contributed by atoms with van der Waals surface area (Å²) in [6.07, 6.45) is 0. The van der Waals surface area contributed by atoms with Crippen molar-refractivity contribution < 1.29 is 0 Å². The maximum absolute atomic E-state index is 7.32. The molecule has 41 heavy (non-hydrogen) atoms. The summed E-state index contributed by atoms with van der Waals surface area (Å²) < 4.78 is 0. The minimum Gasteiger partial charge on any atom is -0.199 e. The smallest absolute Gasteiger partial charge is 0.0587 e. The molecule has 216 valence electrons. The number of nitrogens with zero attached hydrogens (tertiary/aromatic N) is 1. The van der Waals surface area contributed by atoms with E-state index in [-0.39, 0.29) is 21.7 Å². The molecule has 0 saturated heterocycles. The summed E-state index contributed by atoms with van der Waals surface area (Å²) >= 11 is 39.0. The number of hydrogen-bond acceptors (Lipinski definition) is 1. The number of fused-ring (bicyclic) bond motifs is 9. The summed E-state index contributed by atoms with van der Waals surface area (Å²) in [6.45, 7) is 11.2. The van der Waals surface area contributed by atoms with Crippen molar-refractivity contribution in [2.45, 2.75) is 86.1 Å². The third kappa shape index (κ3) is 3.56. The van der Waals surface area contributed by atoms with Crippen LogP contribution in [-0.2, 0) is 51.5 Å². The third-order valence-corrected chi connectivity index (χ3v) is 12.8. The van der Waals surface area contributed by atoms with Crippen molar-refractivity contribution >= 4 is 69.6 Å². The highest BCUT2D eigenvalue weighted by atomic mass is 35.5. The zero-order valence-corrected chi connectivity index (χ0v) is 28.5. The highest BCUT2D eigenvalue weighted by molar-refractivity contribution is 6.20. The van der Waals surface area contributed by atoms with Gasteiger partial charge in [-0.05, 0) is 66.8 Å². The van der Waals surface area contributed by atoms with E-state index in [1.807, 2.05) is 0 Å². The molecule has 0 fully saturated rings. The van der Waals surface area contributed by atoms with Gasteiger partial charge in [-0.15, -0.1) is 69.6 Å². The lowest BCUT2D eigenvalue weighted by Gasteiger charge is -2.49. The van der Waals surface area contributed by atoms with Crippen molar-refractivity contribution in [3.63, 3.8) is 0 Å². The third-order valence-electron chi connectivity index (χ3n) is 11.1. The van der Waals surface area contributed by atoms with Gasteiger partial charge >= 0.3 is 0 Å².